The van der Waals surface area contributed by atoms with Crippen molar-refractivity contribution in [3.05, 3.63) is 35.6 Å². The van der Waals surface area contributed by atoms with Crippen molar-refractivity contribution in [2.45, 2.75) is 77.2 Å². The summed E-state index contributed by atoms with van der Waals surface area (Å²) in [6, 6.07) is 6.81. The molecule has 120 valence electrons. The Bertz CT molecular complexity index is 368. The third-order valence-electron chi connectivity index (χ3n) is 4.08. The SMILES string of the molecule is CCCCCCCCCCCC(NN)c1ccccc1F. The van der Waals surface area contributed by atoms with E-state index in [9.17, 15) is 4.39 Å². The van der Waals surface area contributed by atoms with Crippen LogP contribution in [0.2, 0.25) is 0 Å². The molecule has 3 N–H and O–H groups in total. The first-order valence-electron chi connectivity index (χ1n) is 8.50. The first-order chi connectivity index (χ1) is 10.3. The van der Waals surface area contributed by atoms with Gasteiger partial charge in [-0.1, -0.05) is 82.9 Å². The topological polar surface area (TPSA) is 38.0 Å². The van der Waals surface area contributed by atoms with Crippen LogP contribution in [0, 0.1) is 5.82 Å². The standard InChI is InChI=1S/C18H31FN2/c1-2-3-4-5-6-7-8-9-10-15-18(21-20)16-13-11-12-14-17(16)19/h11-14,18,21H,2-10,15,20H2,1H3. The van der Waals surface area contributed by atoms with E-state index < -0.39 is 0 Å². The number of unbranched alkanes of at least 4 members (excludes halogenated alkanes) is 8. The van der Waals surface area contributed by atoms with Crippen molar-refractivity contribution in [1.29, 1.82) is 0 Å². The third-order valence-corrected chi connectivity index (χ3v) is 4.08. The van der Waals surface area contributed by atoms with Crippen molar-refractivity contribution in [3.63, 3.8) is 0 Å². The van der Waals surface area contributed by atoms with E-state index in [1.54, 1.807) is 6.07 Å². The van der Waals surface area contributed by atoms with E-state index in [0.717, 1.165) is 12.8 Å². The fourth-order valence-electron chi connectivity index (χ4n) is 2.75. The normalized spacial score (nSPS) is 12.5. The van der Waals surface area contributed by atoms with Gasteiger partial charge in [0.15, 0.2) is 0 Å². The fourth-order valence-corrected chi connectivity index (χ4v) is 2.75. The van der Waals surface area contributed by atoms with Gasteiger partial charge < -0.3 is 0 Å². The molecule has 0 aliphatic carbocycles. The maximum absolute atomic E-state index is 13.7. The molecule has 0 aromatic heterocycles. The van der Waals surface area contributed by atoms with Crippen LogP contribution in [0.25, 0.3) is 0 Å². The summed E-state index contributed by atoms with van der Waals surface area (Å²) >= 11 is 0. The molecule has 21 heavy (non-hydrogen) atoms. The third kappa shape index (κ3) is 7.58. The van der Waals surface area contributed by atoms with Crippen molar-refractivity contribution >= 4 is 0 Å². The van der Waals surface area contributed by atoms with Crippen molar-refractivity contribution in [2.75, 3.05) is 0 Å². The second-order valence-corrected chi connectivity index (χ2v) is 5.86. The average molecular weight is 294 g/mol. The van der Waals surface area contributed by atoms with Gasteiger partial charge in [-0.15, -0.1) is 0 Å². The molecule has 1 rings (SSSR count). The highest BCUT2D eigenvalue weighted by atomic mass is 19.1. The molecule has 1 atom stereocenters. The number of rotatable bonds is 12. The van der Waals surface area contributed by atoms with Crippen LogP contribution >= 0.6 is 0 Å². The zero-order valence-electron chi connectivity index (χ0n) is 13.4. The Morgan fingerprint density at radius 1 is 0.952 bits per heavy atom. The van der Waals surface area contributed by atoms with E-state index in [-0.39, 0.29) is 11.9 Å². The van der Waals surface area contributed by atoms with Gasteiger partial charge in [-0.05, 0) is 12.5 Å². The second kappa shape index (κ2) is 11.7. The summed E-state index contributed by atoms with van der Waals surface area (Å²) < 4.78 is 13.7. The zero-order chi connectivity index (χ0) is 15.3. The van der Waals surface area contributed by atoms with Crippen LogP contribution in [-0.4, -0.2) is 0 Å². The quantitative estimate of drug-likeness (QED) is 0.314. The molecule has 0 bridgehead atoms. The van der Waals surface area contributed by atoms with Crippen molar-refractivity contribution in [1.82, 2.24) is 5.43 Å². The van der Waals surface area contributed by atoms with Crippen molar-refractivity contribution < 1.29 is 4.39 Å². The predicted octanol–water partition coefficient (Wildman–Crippen LogP) is 5.25. The Morgan fingerprint density at radius 3 is 2.10 bits per heavy atom. The molecule has 1 unspecified atom stereocenters. The second-order valence-electron chi connectivity index (χ2n) is 5.86. The molecule has 0 heterocycles. The molecule has 0 saturated heterocycles. The van der Waals surface area contributed by atoms with E-state index in [1.807, 2.05) is 12.1 Å². The molecule has 1 aromatic rings. The molecule has 0 aliphatic heterocycles. The van der Waals surface area contributed by atoms with E-state index in [1.165, 1.54) is 57.4 Å². The van der Waals surface area contributed by atoms with E-state index >= 15 is 0 Å². The Kier molecular flexibility index (Phi) is 10.1. The zero-order valence-corrected chi connectivity index (χ0v) is 13.4. The number of halogens is 1. The smallest absolute Gasteiger partial charge is 0.128 e. The van der Waals surface area contributed by atoms with Gasteiger partial charge in [-0.25, -0.2) is 4.39 Å². The van der Waals surface area contributed by atoms with Gasteiger partial charge in [0.1, 0.15) is 5.82 Å². The minimum Gasteiger partial charge on any atom is -0.271 e. The van der Waals surface area contributed by atoms with Gasteiger partial charge >= 0.3 is 0 Å². The Hall–Kier alpha value is -0.930. The highest BCUT2D eigenvalue weighted by molar-refractivity contribution is 5.20. The largest absolute Gasteiger partial charge is 0.271 e. The number of nitrogens with one attached hydrogen (secondary N) is 1. The van der Waals surface area contributed by atoms with Crippen LogP contribution < -0.4 is 11.3 Å². The van der Waals surface area contributed by atoms with E-state index in [4.69, 9.17) is 5.84 Å². The van der Waals surface area contributed by atoms with Crippen LogP contribution in [0.15, 0.2) is 24.3 Å². The maximum atomic E-state index is 13.7. The molecule has 0 saturated carbocycles. The molecule has 0 radical (unpaired) electrons. The van der Waals surface area contributed by atoms with Crippen LogP contribution in [-0.2, 0) is 0 Å². The molecular formula is C18H31FN2. The first-order valence-corrected chi connectivity index (χ1v) is 8.50. The highest BCUT2D eigenvalue weighted by Gasteiger charge is 2.12. The van der Waals surface area contributed by atoms with Crippen molar-refractivity contribution in [3.8, 4) is 0 Å². The molecule has 0 fully saturated rings. The van der Waals surface area contributed by atoms with Crippen LogP contribution in [0.4, 0.5) is 4.39 Å². The Labute approximate surface area is 129 Å². The fraction of sp³-hybridized carbons (Fsp3) is 0.667. The molecule has 0 amide bonds. The van der Waals surface area contributed by atoms with Gasteiger partial charge in [-0.2, -0.15) is 0 Å². The van der Waals surface area contributed by atoms with Gasteiger partial charge in [0.25, 0.3) is 0 Å². The lowest BCUT2D eigenvalue weighted by molar-refractivity contribution is 0.456. The lowest BCUT2D eigenvalue weighted by atomic mass is 9.99. The van der Waals surface area contributed by atoms with E-state index in [2.05, 4.69) is 12.3 Å². The number of hydrogen-bond donors (Lipinski definition) is 2. The summed E-state index contributed by atoms with van der Waals surface area (Å²) in [4.78, 5) is 0. The number of benzene rings is 1. The summed E-state index contributed by atoms with van der Waals surface area (Å²) in [5, 5.41) is 0. The first kappa shape index (κ1) is 18.1. The monoisotopic (exact) mass is 294 g/mol. The van der Waals surface area contributed by atoms with Gasteiger partial charge in [0, 0.05) is 11.6 Å². The molecule has 0 spiro atoms. The highest BCUT2D eigenvalue weighted by Crippen LogP contribution is 2.22. The molecule has 0 aliphatic rings. The molecule has 1 aromatic carbocycles. The molecule has 3 heteroatoms. The Morgan fingerprint density at radius 2 is 1.52 bits per heavy atom. The van der Waals surface area contributed by atoms with Gasteiger partial charge in [0.05, 0.1) is 0 Å². The van der Waals surface area contributed by atoms with E-state index in [0.29, 0.717) is 5.56 Å². The minimum atomic E-state index is -0.170. The van der Waals surface area contributed by atoms with Crippen LogP contribution in [0.1, 0.15) is 82.7 Å². The van der Waals surface area contributed by atoms with Crippen LogP contribution in [0.5, 0.6) is 0 Å². The summed E-state index contributed by atoms with van der Waals surface area (Å²) in [5.41, 5.74) is 3.42. The summed E-state index contributed by atoms with van der Waals surface area (Å²) in [6.45, 7) is 2.25. The van der Waals surface area contributed by atoms with Crippen molar-refractivity contribution in [2.24, 2.45) is 5.84 Å². The van der Waals surface area contributed by atoms with Gasteiger partial charge in [-0.3, -0.25) is 11.3 Å². The predicted molar refractivity (Wildman–Crippen MR) is 88.3 cm³/mol. The molecule has 2 nitrogen and oxygen atoms in total. The summed E-state index contributed by atoms with van der Waals surface area (Å²) in [7, 11) is 0. The average Bonchev–Trinajstić information content (AvgIpc) is 2.50. The maximum Gasteiger partial charge on any atom is 0.128 e. The minimum absolute atomic E-state index is 0.0734. The van der Waals surface area contributed by atoms with Gasteiger partial charge in [0.2, 0.25) is 0 Å². The number of hydrazine groups is 1. The lowest BCUT2D eigenvalue weighted by Crippen LogP contribution is -2.28. The molecular weight excluding hydrogens is 263 g/mol. The summed E-state index contributed by atoms with van der Waals surface area (Å²) in [5.74, 6) is 5.40. The Balaban J connectivity index is 2.12. The summed E-state index contributed by atoms with van der Waals surface area (Å²) in [6.07, 6.45) is 12.6. The van der Waals surface area contributed by atoms with Crippen LogP contribution in [0.3, 0.4) is 0 Å². The number of hydrogen-bond acceptors (Lipinski definition) is 2. The number of nitrogens with two attached hydrogens (primary N) is 1. The lowest BCUT2D eigenvalue weighted by Gasteiger charge is -2.16.